The summed E-state index contributed by atoms with van der Waals surface area (Å²) in [6.07, 6.45) is 2.38. The molecule has 154 valence electrons. The molecule has 1 unspecified atom stereocenters. The maximum atomic E-state index is 13.0. The molecule has 6 nitrogen and oxygen atoms in total. The molecule has 0 saturated heterocycles. The zero-order chi connectivity index (χ0) is 21.2. The van der Waals surface area contributed by atoms with Crippen LogP contribution in [0.2, 0.25) is 0 Å². The molecule has 2 rings (SSSR count). The predicted molar refractivity (Wildman–Crippen MR) is 110 cm³/mol. The highest BCUT2D eigenvalue weighted by Gasteiger charge is 2.24. The summed E-state index contributed by atoms with van der Waals surface area (Å²) in [5.41, 5.74) is 3.47. The zero-order valence-electron chi connectivity index (χ0n) is 16.8. The summed E-state index contributed by atoms with van der Waals surface area (Å²) in [5.74, 6) is -0.829. The van der Waals surface area contributed by atoms with Crippen LogP contribution in [-0.2, 0) is 4.79 Å². The fourth-order valence-corrected chi connectivity index (χ4v) is 2.53. The molecule has 1 atom stereocenters. The van der Waals surface area contributed by atoms with Gasteiger partial charge in [0, 0.05) is 11.1 Å². The Balaban J connectivity index is 2.02. The smallest absolute Gasteiger partial charge is 0.262 e. The number of carbonyl (C=O) groups is 2. The summed E-state index contributed by atoms with van der Waals surface area (Å²) in [6.45, 7) is 6.23. The Morgan fingerprint density at radius 1 is 1.14 bits per heavy atom. The quantitative estimate of drug-likeness (QED) is 0.500. The fourth-order valence-electron chi connectivity index (χ4n) is 2.53. The van der Waals surface area contributed by atoms with Crippen molar-refractivity contribution < 1.29 is 18.7 Å². The van der Waals surface area contributed by atoms with Crippen LogP contribution in [0.5, 0.6) is 5.75 Å². The van der Waals surface area contributed by atoms with Crippen molar-refractivity contribution in [3.63, 3.8) is 0 Å². The normalized spacial score (nSPS) is 12.0. The van der Waals surface area contributed by atoms with Crippen molar-refractivity contribution in [3.8, 4) is 5.75 Å². The molecule has 7 heteroatoms. The standard InChI is InChI=1S/C22H26FN3O3/c1-4-13-29-19-8-6-5-7-17(19)14-24-26-22(28)20(15(2)3)25-21(27)16-9-11-18(23)12-10-16/h5-12,14-15,20H,4,13H2,1-3H3,(H,25,27)(H,26,28). The molecule has 0 heterocycles. The molecule has 2 aromatic carbocycles. The lowest BCUT2D eigenvalue weighted by Crippen LogP contribution is -2.48. The van der Waals surface area contributed by atoms with Crippen LogP contribution in [0.4, 0.5) is 4.39 Å². The molecule has 0 aromatic heterocycles. The minimum atomic E-state index is -0.795. The van der Waals surface area contributed by atoms with Crippen molar-refractivity contribution in [2.45, 2.75) is 33.2 Å². The summed E-state index contributed by atoms with van der Waals surface area (Å²) in [5, 5.41) is 6.67. The van der Waals surface area contributed by atoms with Crippen molar-refractivity contribution in [2.24, 2.45) is 11.0 Å². The van der Waals surface area contributed by atoms with E-state index in [1.165, 1.54) is 30.5 Å². The Kier molecular flexibility index (Phi) is 8.33. The van der Waals surface area contributed by atoms with Gasteiger partial charge in [0.15, 0.2) is 0 Å². The van der Waals surface area contributed by atoms with Crippen LogP contribution in [0.25, 0.3) is 0 Å². The number of ether oxygens (including phenoxy) is 1. The van der Waals surface area contributed by atoms with E-state index in [0.29, 0.717) is 12.4 Å². The van der Waals surface area contributed by atoms with Crippen molar-refractivity contribution in [1.82, 2.24) is 10.7 Å². The van der Waals surface area contributed by atoms with E-state index in [-0.39, 0.29) is 11.5 Å². The number of hydrogen-bond acceptors (Lipinski definition) is 4. The van der Waals surface area contributed by atoms with E-state index in [1.54, 1.807) is 0 Å². The van der Waals surface area contributed by atoms with Crippen LogP contribution in [0.3, 0.4) is 0 Å². The minimum Gasteiger partial charge on any atom is -0.493 e. The highest BCUT2D eigenvalue weighted by Crippen LogP contribution is 2.16. The van der Waals surface area contributed by atoms with Gasteiger partial charge in [0.25, 0.3) is 11.8 Å². The van der Waals surface area contributed by atoms with Crippen LogP contribution < -0.4 is 15.5 Å². The van der Waals surface area contributed by atoms with Gasteiger partial charge in [0.05, 0.1) is 12.8 Å². The Hall–Kier alpha value is -3.22. The summed E-state index contributed by atoms with van der Waals surface area (Å²) in [4.78, 5) is 24.9. The molecule has 0 aliphatic carbocycles. The van der Waals surface area contributed by atoms with Gasteiger partial charge in [-0.2, -0.15) is 5.10 Å². The lowest BCUT2D eigenvalue weighted by atomic mass is 10.0. The molecule has 0 saturated carbocycles. The molecule has 0 aliphatic rings. The molecule has 2 N–H and O–H groups in total. The van der Waals surface area contributed by atoms with Gasteiger partial charge in [-0.25, -0.2) is 9.82 Å². The van der Waals surface area contributed by atoms with Crippen molar-refractivity contribution >= 4 is 18.0 Å². The predicted octanol–water partition coefficient (Wildman–Crippen LogP) is 3.52. The fraction of sp³-hybridized carbons (Fsp3) is 0.318. The number of hydrazone groups is 1. The summed E-state index contributed by atoms with van der Waals surface area (Å²) < 4.78 is 18.7. The number of amides is 2. The first-order valence-electron chi connectivity index (χ1n) is 9.53. The molecule has 29 heavy (non-hydrogen) atoms. The first-order valence-corrected chi connectivity index (χ1v) is 9.53. The third-order valence-electron chi connectivity index (χ3n) is 4.10. The zero-order valence-corrected chi connectivity index (χ0v) is 16.8. The molecular weight excluding hydrogens is 373 g/mol. The van der Waals surface area contributed by atoms with Gasteiger partial charge in [-0.15, -0.1) is 0 Å². The largest absolute Gasteiger partial charge is 0.493 e. The van der Waals surface area contributed by atoms with Gasteiger partial charge in [0.1, 0.15) is 17.6 Å². The number of rotatable bonds is 9. The van der Waals surface area contributed by atoms with E-state index in [0.717, 1.165) is 12.0 Å². The third-order valence-corrected chi connectivity index (χ3v) is 4.10. The maximum absolute atomic E-state index is 13.0. The van der Waals surface area contributed by atoms with E-state index < -0.39 is 23.7 Å². The second-order valence-corrected chi connectivity index (χ2v) is 6.82. The monoisotopic (exact) mass is 399 g/mol. The number of para-hydroxylation sites is 1. The minimum absolute atomic E-state index is 0.172. The van der Waals surface area contributed by atoms with Gasteiger partial charge in [-0.05, 0) is 48.7 Å². The summed E-state index contributed by atoms with van der Waals surface area (Å²) >= 11 is 0. The van der Waals surface area contributed by atoms with Crippen molar-refractivity contribution in [2.75, 3.05) is 6.61 Å². The summed E-state index contributed by atoms with van der Waals surface area (Å²) in [6, 6.07) is 11.7. The Morgan fingerprint density at radius 2 is 1.83 bits per heavy atom. The van der Waals surface area contributed by atoms with Gasteiger partial charge >= 0.3 is 0 Å². The molecular formula is C22H26FN3O3. The Morgan fingerprint density at radius 3 is 2.48 bits per heavy atom. The molecule has 0 spiro atoms. The van der Waals surface area contributed by atoms with Crippen LogP contribution >= 0.6 is 0 Å². The molecule has 0 fully saturated rings. The highest BCUT2D eigenvalue weighted by atomic mass is 19.1. The van der Waals surface area contributed by atoms with Gasteiger partial charge in [-0.1, -0.05) is 32.9 Å². The van der Waals surface area contributed by atoms with Crippen molar-refractivity contribution in [3.05, 3.63) is 65.5 Å². The van der Waals surface area contributed by atoms with E-state index in [2.05, 4.69) is 15.8 Å². The molecule has 2 amide bonds. The second-order valence-electron chi connectivity index (χ2n) is 6.82. The van der Waals surface area contributed by atoms with Gasteiger partial charge < -0.3 is 10.1 Å². The second kappa shape index (κ2) is 10.9. The number of halogens is 1. The highest BCUT2D eigenvalue weighted by molar-refractivity contribution is 5.97. The first kappa shape index (κ1) is 22.1. The topological polar surface area (TPSA) is 79.8 Å². The molecule has 0 aliphatic heterocycles. The number of benzene rings is 2. The average Bonchev–Trinajstić information content (AvgIpc) is 2.71. The number of carbonyl (C=O) groups excluding carboxylic acids is 2. The lowest BCUT2D eigenvalue weighted by molar-refractivity contribution is -0.123. The van der Waals surface area contributed by atoms with Crippen LogP contribution in [0, 0.1) is 11.7 Å². The van der Waals surface area contributed by atoms with E-state index >= 15 is 0 Å². The molecule has 2 aromatic rings. The Bertz CT molecular complexity index is 851. The van der Waals surface area contributed by atoms with E-state index in [1.807, 2.05) is 45.0 Å². The lowest BCUT2D eigenvalue weighted by Gasteiger charge is -2.20. The van der Waals surface area contributed by atoms with Gasteiger partial charge in [0.2, 0.25) is 0 Å². The number of hydrogen-bond donors (Lipinski definition) is 2. The third kappa shape index (κ3) is 6.71. The van der Waals surface area contributed by atoms with E-state index in [9.17, 15) is 14.0 Å². The van der Waals surface area contributed by atoms with Crippen LogP contribution in [-0.4, -0.2) is 30.7 Å². The molecule has 0 radical (unpaired) electrons. The maximum Gasteiger partial charge on any atom is 0.262 e. The SMILES string of the molecule is CCCOc1ccccc1C=NNC(=O)C(NC(=O)c1ccc(F)cc1)C(C)C. The van der Waals surface area contributed by atoms with Crippen LogP contribution in [0.15, 0.2) is 53.6 Å². The number of nitrogens with zero attached hydrogens (tertiary/aromatic N) is 1. The average molecular weight is 399 g/mol. The van der Waals surface area contributed by atoms with Crippen LogP contribution in [0.1, 0.15) is 43.1 Å². The number of nitrogens with one attached hydrogen (secondary N) is 2. The van der Waals surface area contributed by atoms with Crippen molar-refractivity contribution in [1.29, 1.82) is 0 Å². The summed E-state index contributed by atoms with van der Waals surface area (Å²) in [7, 11) is 0. The van der Waals surface area contributed by atoms with Gasteiger partial charge in [-0.3, -0.25) is 9.59 Å². The first-order chi connectivity index (χ1) is 13.9. The van der Waals surface area contributed by atoms with E-state index in [4.69, 9.17) is 4.74 Å². The Labute approximate surface area is 170 Å². The molecule has 0 bridgehead atoms.